The lowest BCUT2D eigenvalue weighted by atomic mass is 9.81. The Morgan fingerprint density at radius 3 is 2.54 bits per heavy atom. The molecule has 0 bridgehead atoms. The number of carbonyl (C=O) groups is 1. The molecule has 0 saturated carbocycles. The third kappa shape index (κ3) is 1.22. The monoisotopic (exact) mass is 176 g/mol. The van der Waals surface area contributed by atoms with Gasteiger partial charge >= 0.3 is 5.97 Å². The van der Waals surface area contributed by atoms with Crippen LogP contribution in [0, 0.1) is 0 Å². The predicted molar refractivity (Wildman–Crippen MR) is 49.4 cm³/mol. The van der Waals surface area contributed by atoms with E-state index in [2.05, 4.69) is 0 Å². The van der Waals surface area contributed by atoms with Crippen molar-refractivity contribution in [2.24, 2.45) is 0 Å². The van der Waals surface area contributed by atoms with Crippen molar-refractivity contribution < 1.29 is 9.53 Å². The van der Waals surface area contributed by atoms with E-state index in [0.717, 1.165) is 12.0 Å². The van der Waals surface area contributed by atoms with Crippen molar-refractivity contribution in [2.75, 3.05) is 6.61 Å². The molecule has 0 aliphatic carbocycles. The Morgan fingerprint density at radius 2 is 2.00 bits per heavy atom. The zero-order valence-electron chi connectivity index (χ0n) is 7.62. The Bertz CT molecular complexity index is 318. The summed E-state index contributed by atoms with van der Waals surface area (Å²) in [5, 5.41) is 0. The number of hydrogen-bond acceptors (Lipinski definition) is 2. The van der Waals surface area contributed by atoms with Gasteiger partial charge in [-0.3, -0.25) is 4.79 Å². The van der Waals surface area contributed by atoms with Crippen molar-refractivity contribution in [3.05, 3.63) is 35.9 Å². The van der Waals surface area contributed by atoms with Crippen LogP contribution in [0.4, 0.5) is 0 Å². The molecule has 1 atom stereocenters. The number of esters is 1. The molecule has 1 aliphatic heterocycles. The second kappa shape index (κ2) is 2.87. The van der Waals surface area contributed by atoms with Gasteiger partial charge in [-0.1, -0.05) is 30.3 Å². The summed E-state index contributed by atoms with van der Waals surface area (Å²) in [5.41, 5.74) is 0.638. The highest BCUT2D eigenvalue weighted by atomic mass is 16.5. The number of cyclic esters (lactones) is 1. The maximum absolute atomic E-state index is 11.5. The van der Waals surface area contributed by atoms with Crippen LogP contribution in [-0.4, -0.2) is 12.6 Å². The first kappa shape index (κ1) is 8.30. The van der Waals surface area contributed by atoms with E-state index >= 15 is 0 Å². The summed E-state index contributed by atoms with van der Waals surface area (Å²) in [6.07, 6.45) is 0.788. The fourth-order valence-corrected chi connectivity index (χ4v) is 1.68. The molecule has 0 N–H and O–H groups in total. The summed E-state index contributed by atoms with van der Waals surface area (Å²) in [7, 11) is 0. The summed E-state index contributed by atoms with van der Waals surface area (Å²) in [6.45, 7) is 2.49. The zero-order valence-corrected chi connectivity index (χ0v) is 7.62. The molecule has 0 radical (unpaired) electrons. The first-order chi connectivity index (χ1) is 6.23. The molecule has 1 heterocycles. The highest BCUT2D eigenvalue weighted by Crippen LogP contribution is 2.33. The van der Waals surface area contributed by atoms with E-state index in [1.165, 1.54) is 0 Å². The average Bonchev–Trinajstić information content (AvgIpc) is 2.50. The minimum absolute atomic E-state index is 0.0984. The summed E-state index contributed by atoms with van der Waals surface area (Å²) >= 11 is 0. The molecule has 1 aromatic carbocycles. The Kier molecular flexibility index (Phi) is 1.83. The van der Waals surface area contributed by atoms with Crippen LogP contribution in [0.15, 0.2) is 30.3 Å². The molecule has 0 spiro atoms. The highest BCUT2D eigenvalue weighted by molar-refractivity contribution is 5.84. The maximum Gasteiger partial charge on any atom is 0.316 e. The van der Waals surface area contributed by atoms with E-state index in [1.54, 1.807) is 0 Å². The SMILES string of the molecule is CC1(c2ccccc2)CCOC1=O. The van der Waals surface area contributed by atoms with Crippen LogP contribution >= 0.6 is 0 Å². The number of ether oxygens (including phenoxy) is 1. The molecular formula is C11H12O2. The number of rotatable bonds is 1. The fourth-order valence-electron chi connectivity index (χ4n) is 1.68. The van der Waals surface area contributed by atoms with Gasteiger partial charge in [0.05, 0.1) is 12.0 Å². The molecule has 1 saturated heterocycles. The van der Waals surface area contributed by atoms with Crippen molar-refractivity contribution in [3.8, 4) is 0 Å². The molecule has 0 amide bonds. The normalized spacial score (nSPS) is 27.3. The van der Waals surface area contributed by atoms with Gasteiger partial charge in [0, 0.05) is 6.42 Å². The quantitative estimate of drug-likeness (QED) is 0.611. The molecular weight excluding hydrogens is 164 g/mol. The van der Waals surface area contributed by atoms with Crippen LogP contribution in [0.1, 0.15) is 18.9 Å². The molecule has 13 heavy (non-hydrogen) atoms. The lowest BCUT2D eigenvalue weighted by Crippen LogP contribution is -2.27. The third-order valence-corrected chi connectivity index (χ3v) is 2.70. The number of carbonyl (C=O) groups excluding carboxylic acids is 1. The Labute approximate surface area is 77.5 Å². The molecule has 1 aliphatic rings. The Morgan fingerprint density at radius 1 is 1.31 bits per heavy atom. The van der Waals surface area contributed by atoms with Crippen LogP contribution in [0.3, 0.4) is 0 Å². The van der Waals surface area contributed by atoms with E-state index in [9.17, 15) is 4.79 Å². The van der Waals surface area contributed by atoms with Crippen molar-refractivity contribution >= 4 is 5.97 Å². The predicted octanol–water partition coefficient (Wildman–Crippen LogP) is 1.89. The molecule has 0 aromatic heterocycles. The second-order valence-corrected chi connectivity index (χ2v) is 3.58. The van der Waals surface area contributed by atoms with E-state index in [4.69, 9.17) is 4.74 Å². The van der Waals surface area contributed by atoms with E-state index in [1.807, 2.05) is 37.3 Å². The van der Waals surface area contributed by atoms with Gasteiger partial charge in [0.25, 0.3) is 0 Å². The standard InChI is InChI=1S/C11H12O2/c1-11(7-8-13-10(11)12)9-5-3-2-4-6-9/h2-6H,7-8H2,1H3. The first-order valence-corrected chi connectivity index (χ1v) is 4.46. The van der Waals surface area contributed by atoms with E-state index in [-0.39, 0.29) is 5.97 Å². The molecule has 2 nitrogen and oxygen atoms in total. The van der Waals surface area contributed by atoms with Gasteiger partial charge in [-0.15, -0.1) is 0 Å². The van der Waals surface area contributed by atoms with Gasteiger partial charge in [-0.2, -0.15) is 0 Å². The summed E-state index contributed by atoms with van der Waals surface area (Å²) in [5.74, 6) is -0.0984. The molecule has 2 rings (SSSR count). The number of benzene rings is 1. The second-order valence-electron chi connectivity index (χ2n) is 3.58. The van der Waals surface area contributed by atoms with E-state index < -0.39 is 5.41 Å². The van der Waals surface area contributed by atoms with Gasteiger partial charge < -0.3 is 4.74 Å². The lowest BCUT2D eigenvalue weighted by Gasteiger charge is -2.18. The topological polar surface area (TPSA) is 26.3 Å². The summed E-state index contributed by atoms with van der Waals surface area (Å²) < 4.78 is 4.98. The van der Waals surface area contributed by atoms with Crippen LogP contribution in [-0.2, 0) is 14.9 Å². The van der Waals surface area contributed by atoms with Crippen LogP contribution in [0.2, 0.25) is 0 Å². The average molecular weight is 176 g/mol. The highest BCUT2D eigenvalue weighted by Gasteiger charge is 2.41. The van der Waals surface area contributed by atoms with Crippen LogP contribution in [0.25, 0.3) is 0 Å². The molecule has 1 fully saturated rings. The van der Waals surface area contributed by atoms with Gasteiger partial charge in [-0.05, 0) is 12.5 Å². The smallest absolute Gasteiger partial charge is 0.316 e. The first-order valence-electron chi connectivity index (χ1n) is 4.46. The van der Waals surface area contributed by atoms with Gasteiger partial charge in [0.2, 0.25) is 0 Å². The van der Waals surface area contributed by atoms with Crippen molar-refractivity contribution in [3.63, 3.8) is 0 Å². The minimum Gasteiger partial charge on any atom is -0.465 e. The third-order valence-electron chi connectivity index (χ3n) is 2.70. The summed E-state index contributed by atoms with van der Waals surface area (Å²) in [4.78, 5) is 11.5. The largest absolute Gasteiger partial charge is 0.465 e. The van der Waals surface area contributed by atoms with Crippen LogP contribution < -0.4 is 0 Å². The summed E-state index contributed by atoms with van der Waals surface area (Å²) in [6, 6.07) is 9.81. The molecule has 1 unspecified atom stereocenters. The van der Waals surface area contributed by atoms with Gasteiger partial charge in [0.15, 0.2) is 0 Å². The zero-order chi connectivity index (χ0) is 9.31. The molecule has 68 valence electrons. The molecule has 1 aromatic rings. The maximum atomic E-state index is 11.5. The fraction of sp³-hybridized carbons (Fsp3) is 0.364. The Balaban J connectivity index is 2.40. The Hall–Kier alpha value is -1.31. The number of hydrogen-bond donors (Lipinski definition) is 0. The van der Waals surface area contributed by atoms with Crippen LogP contribution in [0.5, 0.6) is 0 Å². The van der Waals surface area contributed by atoms with Gasteiger partial charge in [-0.25, -0.2) is 0 Å². The van der Waals surface area contributed by atoms with Crippen molar-refractivity contribution in [1.29, 1.82) is 0 Å². The van der Waals surface area contributed by atoms with Gasteiger partial charge in [0.1, 0.15) is 0 Å². The molecule has 2 heteroatoms. The lowest BCUT2D eigenvalue weighted by molar-refractivity contribution is -0.142. The van der Waals surface area contributed by atoms with E-state index in [0.29, 0.717) is 6.61 Å². The van der Waals surface area contributed by atoms with Crippen molar-refractivity contribution in [2.45, 2.75) is 18.8 Å². The van der Waals surface area contributed by atoms with Crippen molar-refractivity contribution in [1.82, 2.24) is 0 Å². The minimum atomic E-state index is -0.415.